The molecule has 0 spiro atoms. The van der Waals surface area contributed by atoms with Crippen molar-refractivity contribution < 1.29 is 9.53 Å². The number of hydrogen-bond acceptors (Lipinski definition) is 3. The molecule has 1 N–H and O–H groups in total. The quantitative estimate of drug-likeness (QED) is 0.918. The summed E-state index contributed by atoms with van der Waals surface area (Å²) in [5, 5.41) is 0. The Morgan fingerprint density at radius 3 is 2.86 bits per heavy atom. The van der Waals surface area contributed by atoms with E-state index in [9.17, 15) is 9.59 Å². The van der Waals surface area contributed by atoms with Gasteiger partial charge in [-0.25, -0.2) is 4.79 Å². The molecular formula is C16H16N2O3. The van der Waals surface area contributed by atoms with E-state index < -0.39 is 0 Å². The van der Waals surface area contributed by atoms with Gasteiger partial charge in [0.2, 0.25) is 0 Å². The Morgan fingerprint density at radius 1 is 1.24 bits per heavy atom. The lowest BCUT2D eigenvalue weighted by molar-refractivity contribution is 0.0917. The zero-order valence-corrected chi connectivity index (χ0v) is 11.5. The van der Waals surface area contributed by atoms with Gasteiger partial charge in [-0.15, -0.1) is 0 Å². The Labute approximate surface area is 122 Å². The highest BCUT2D eigenvalue weighted by atomic mass is 16.6. The van der Waals surface area contributed by atoms with E-state index in [4.69, 9.17) is 4.74 Å². The summed E-state index contributed by atoms with van der Waals surface area (Å²) in [6, 6.07) is 11.4. The molecule has 1 aromatic carbocycles. The zero-order chi connectivity index (χ0) is 14.7. The summed E-state index contributed by atoms with van der Waals surface area (Å²) in [5.74, 6) is 0. The Kier molecular flexibility index (Phi) is 3.73. The molecule has 0 atom stereocenters. The highest BCUT2D eigenvalue weighted by molar-refractivity contribution is 5.68. The van der Waals surface area contributed by atoms with Crippen molar-refractivity contribution >= 4 is 6.09 Å². The number of rotatable bonds is 2. The second kappa shape index (κ2) is 5.83. The number of fused-ring (bicyclic) bond motifs is 1. The second-order valence-electron chi connectivity index (χ2n) is 5.02. The molecule has 2 aromatic rings. The number of nitrogens with zero attached hydrogens (tertiary/aromatic N) is 1. The van der Waals surface area contributed by atoms with E-state index in [1.807, 2.05) is 36.4 Å². The van der Waals surface area contributed by atoms with Crippen molar-refractivity contribution in [3.63, 3.8) is 0 Å². The van der Waals surface area contributed by atoms with Crippen LogP contribution in [0.2, 0.25) is 0 Å². The van der Waals surface area contributed by atoms with Crippen LogP contribution in [0.25, 0.3) is 0 Å². The summed E-state index contributed by atoms with van der Waals surface area (Å²) in [6.45, 7) is 1.12. The maximum atomic E-state index is 12.1. The number of amides is 1. The van der Waals surface area contributed by atoms with Gasteiger partial charge in [0, 0.05) is 18.3 Å². The van der Waals surface area contributed by atoms with Crippen LogP contribution >= 0.6 is 0 Å². The first-order chi connectivity index (χ1) is 10.2. The highest BCUT2D eigenvalue weighted by Crippen LogP contribution is 2.16. The van der Waals surface area contributed by atoms with Gasteiger partial charge < -0.3 is 14.6 Å². The maximum absolute atomic E-state index is 12.1. The second-order valence-corrected chi connectivity index (χ2v) is 5.02. The molecular weight excluding hydrogens is 268 g/mol. The third-order valence-electron chi connectivity index (χ3n) is 3.62. The smallest absolute Gasteiger partial charge is 0.410 e. The molecule has 108 valence electrons. The molecule has 2 heterocycles. The van der Waals surface area contributed by atoms with Gasteiger partial charge in [-0.1, -0.05) is 30.3 Å². The number of ether oxygens (including phenoxy) is 1. The van der Waals surface area contributed by atoms with E-state index in [2.05, 4.69) is 4.98 Å². The summed E-state index contributed by atoms with van der Waals surface area (Å²) in [7, 11) is 0. The molecule has 1 amide bonds. The first-order valence-electron chi connectivity index (χ1n) is 6.89. The summed E-state index contributed by atoms with van der Waals surface area (Å²) in [4.78, 5) is 28.1. The molecule has 1 aromatic heterocycles. The lowest BCUT2D eigenvalue weighted by atomic mass is 10.0. The normalized spacial score (nSPS) is 13.6. The van der Waals surface area contributed by atoms with Gasteiger partial charge in [0.25, 0.3) is 5.56 Å². The first-order valence-corrected chi connectivity index (χ1v) is 6.89. The van der Waals surface area contributed by atoms with E-state index in [-0.39, 0.29) is 18.3 Å². The van der Waals surface area contributed by atoms with Crippen molar-refractivity contribution in [2.24, 2.45) is 0 Å². The third-order valence-corrected chi connectivity index (χ3v) is 3.62. The van der Waals surface area contributed by atoms with E-state index in [1.54, 1.807) is 11.1 Å². The standard InChI is InChI=1S/C16H16N2O3/c19-15-14-10-18(9-7-13(14)6-8-17-15)16(20)21-11-12-4-2-1-3-5-12/h1-6,8H,7,9-11H2,(H,17,19). The van der Waals surface area contributed by atoms with Gasteiger partial charge >= 0.3 is 6.09 Å². The van der Waals surface area contributed by atoms with Crippen molar-refractivity contribution in [3.8, 4) is 0 Å². The van der Waals surface area contributed by atoms with Crippen LogP contribution in [0, 0.1) is 0 Å². The predicted molar refractivity (Wildman–Crippen MR) is 77.8 cm³/mol. The van der Waals surface area contributed by atoms with Crippen LogP contribution in [0.1, 0.15) is 16.7 Å². The van der Waals surface area contributed by atoms with Crippen molar-refractivity contribution in [1.29, 1.82) is 0 Å². The minimum absolute atomic E-state index is 0.131. The van der Waals surface area contributed by atoms with E-state index in [1.165, 1.54) is 0 Å². The summed E-state index contributed by atoms with van der Waals surface area (Å²) in [5.41, 5.74) is 2.47. The van der Waals surface area contributed by atoms with Crippen molar-refractivity contribution in [2.75, 3.05) is 6.54 Å². The van der Waals surface area contributed by atoms with Gasteiger partial charge in [-0.2, -0.15) is 0 Å². The molecule has 0 unspecified atom stereocenters. The minimum Gasteiger partial charge on any atom is -0.445 e. The molecule has 0 aliphatic carbocycles. The van der Waals surface area contributed by atoms with Crippen molar-refractivity contribution in [3.05, 3.63) is 69.6 Å². The fourth-order valence-electron chi connectivity index (χ4n) is 2.45. The molecule has 21 heavy (non-hydrogen) atoms. The van der Waals surface area contributed by atoms with E-state index in [0.717, 1.165) is 11.1 Å². The largest absolute Gasteiger partial charge is 0.445 e. The molecule has 5 nitrogen and oxygen atoms in total. The topological polar surface area (TPSA) is 62.4 Å². The number of H-pyrrole nitrogens is 1. The lowest BCUT2D eigenvalue weighted by Gasteiger charge is -2.27. The summed E-state index contributed by atoms with van der Waals surface area (Å²) >= 11 is 0. The van der Waals surface area contributed by atoms with Gasteiger partial charge in [-0.3, -0.25) is 4.79 Å². The van der Waals surface area contributed by atoms with Gasteiger partial charge in [0.15, 0.2) is 0 Å². The SMILES string of the molecule is O=C(OCc1ccccc1)N1CCc2cc[nH]c(=O)c2C1. The van der Waals surface area contributed by atoms with E-state index >= 15 is 0 Å². The maximum Gasteiger partial charge on any atom is 0.410 e. The number of carbonyl (C=O) groups is 1. The average molecular weight is 284 g/mol. The van der Waals surface area contributed by atoms with Crippen molar-refractivity contribution in [1.82, 2.24) is 9.88 Å². The Bertz CT molecular complexity index is 694. The summed E-state index contributed by atoms with van der Waals surface area (Å²) in [6.07, 6.45) is 1.94. The Balaban J connectivity index is 1.64. The molecule has 0 saturated heterocycles. The zero-order valence-electron chi connectivity index (χ0n) is 11.5. The molecule has 0 saturated carbocycles. The fourth-order valence-corrected chi connectivity index (χ4v) is 2.45. The van der Waals surface area contributed by atoms with Crippen LogP contribution in [0.15, 0.2) is 47.4 Å². The number of benzene rings is 1. The van der Waals surface area contributed by atoms with Crippen LogP contribution in [0.5, 0.6) is 0 Å². The molecule has 3 rings (SSSR count). The van der Waals surface area contributed by atoms with Crippen LogP contribution < -0.4 is 5.56 Å². The number of hydrogen-bond donors (Lipinski definition) is 1. The molecule has 0 fully saturated rings. The van der Waals surface area contributed by atoms with Crippen LogP contribution in [0.3, 0.4) is 0 Å². The van der Waals surface area contributed by atoms with E-state index in [0.29, 0.717) is 25.1 Å². The van der Waals surface area contributed by atoms with Gasteiger partial charge in [-0.05, 0) is 23.6 Å². The predicted octanol–water partition coefficient (Wildman–Crippen LogP) is 2.07. The number of pyridine rings is 1. The minimum atomic E-state index is -0.382. The fraction of sp³-hybridized carbons (Fsp3) is 0.250. The highest BCUT2D eigenvalue weighted by Gasteiger charge is 2.23. The van der Waals surface area contributed by atoms with Gasteiger partial charge in [0.05, 0.1) is 6.54 Å². The van der Waals surface area contributed by atoms with Crippen LogP contribution in [-0.2, 0) is 24.3 Å². The van der Waals surface area contributed by atoms with Crippen molar-refractivity contribution in [2.45, 2.75) is 19.6 Å². The Morgan fingerprint density at radius 2 is 2.05 bits per heavy atom. The molecule has 1 aliphatic rings. The number of aromatic nitrogens is 1. The van der Waals surface area contributed by atoms with Crippen LogP contribution in [-0.4, -0.2) is 22.5 Å². The third kappa shape index (κ3) is 2.97. The number of nitrogens with one attached hydrogen (secondary N) is 1. The lowest BCUT2D eigenvalue weighted by Crippen LogP contribution is -2.39. The van der Waals surface area contributed by atoms with Gasteiger partial charge in [0.1, 0.15) is 6.61 Å². The van der Waals surface area contributed by atoms with Crippen LogP contribution in [0.4, 0.5) is 4.79 Å². The summed E-state index contributed by atoms with van der Waals surface area (Å²) < 4.78 is 5.30. The average Bonchev–Trinajstić information content (AvgIpc) is 2.54. The molecule has 0 bridgehead atoms. The molecule has 0 radical (unpaired) electrons. The number of carbonyl (C=O) groups excluding carboxylic acids is 1. The Hall–Kier alpha value is -2.56. The number of aromatic amines is 1. The molecule has 1 aliphatic heterocycles. The monoisotopic (exact) mass is 284 g/mol. The molecule has 5 heteroatoms. The first kappa shape index (κ1) is 13.4.